The summed E-state index contributed by atoms with van der Waals surface area (Å²) in [4.78, 5) is 37.7. The SMILES string of the molecule is COC(=O)C1Cc2ccccc2N1C(=O)C1CCN(S(=O)(=O)c2cc([N+](=O)[O-])ccc2C)CC1. The number of non-ortho nitro benzene ring substituents is 1. The van der Waals surface area contributed by atoms with Crippen LogP contribution in [0.15, 0.2) is 47.4 Å². The van der Waals surface area contributed by atoms with Crippen LogP contribution < -0.4 is 4.90 Å². The van der Waals surface area contributed by atoms with Crippen molar-refractivity contribution in [1.82, 2.24) is 4.31 Å². The predicted molar refractivity (Wildman–Crippen MR) is 123 cm³/mol. The normalized spacial score (nSPS) is 19.0. The molecule has 0 aliphatic carbocycles. The standard InChI is InChI=1S/C23H25N3O7S/c1-15-7-8-18(26(29)30)14-21(15)34(31,32)24-11-9-16(10-12-24)22(27)25-19-6-4-3-5-17(19)13-20(25)23(28)33-2/h3-8,14,16,20H,9-13H2,1-2H3. The molecule has 0 saturated carbocycles. The molecule has 1 saturated heterocycles. The van der Waals surface area contributed by atoms with Crippen molar-refractivity contribution in [1.29, 1.82) is 0 Å². The molecule has 1 fully saturated rings. The number of hydrogen-bond acceptors (Lipinski definition) is 7. The van der Waals surface area contributed by atoms with Crippen LogP contribution >= 0.6 is 0 Å². The van der Waals surface area contributed by atoms with E-state index in [0.717, 1.165) is 11.6 Å². The smallest absolute Gasteiger partial charge is 0.329 e. The van der Waals surface area contributed by atoms with Crippen LogP contribution in [0, 0.1) is 23.0 Å². The summed E-state index contributed by atoms with van der Waals surface area (Å²) in [6.07, 6.45) is 0.922. The number of carbonyl (C=O) groups is 2. The Kier molecular flexibility index (Phi) is 6.41. The number of carbonyl (C=O) groups excluding carboxylic acids is 2. The predicted octanol–water partition coefficient (Wildman–Crippen LogP) is 2.43. The summed E-state index contributed by atoms with van der Waals surface area (Å²) >= 11 is 0. The largest absolute Gasteiger partial charge is 0.467 e. The number of sulfonamides is 1. The lowest BCUT2D eigenvalue weighted by Gasteiger charge is -2.34. The van der Waals surface area contributed by atoms with E-state index >= 15 is 0 Å². The highest BCUT2D eigenvalue weighted by atomic mass is 32.2. The number of hydrogen-bond donors (Lipinski definition) is 0. The second kappa shape index (κ2) is 9.15. The second-order valence-electron chi connectivity index (χ2n) is 8.47. The number of benzene rings is 2. The summed E-state index contributed by atoms with van der Waals surface area (Å²) in [6, 6.07) is 10.3. The minimum absolute atomic E-state index is 0.0965. The molecule has 0 bridgehead atoms. The number of amides is 1. The van der Waals surface area contributed by atoms with Gasteiger partial charge in [-0.25, -0.2) is 13.2 Å². The number of anilines is 1. The molecule has 1 unspecified atom stereocenters. The maximum Gasteiger partial charge on any atom is 0.329 e. The van der Waals surface area contributed by atoms with E-state index in [1.54, 1.807) is 19.1 Å². The van der Waals surface area contributed by atoms with Gasteiger partial charge in [-0.15, -0.1) is 0 Å². The van der Waals surface area contributed by atoms with Gasteiger partial charge in [-0.3, -0.25) is 19.8 Å². The minimum atomic E-state index is -3.96. The molecule has 2 aliphatic heterocycles. The van der Waals surface area contributed by atoms with Gasteiger partial charge in [-0.2, -0.15) is 4.31 Å². The van der Waals surface area contributed by atoms with E-state index in [1.807, 2.05) is 12.1 Å². The number of aryl methyl sites for hydroxylation is 1. The molecule has 11 heteroatoms. The highest BCUT2D eigenvalue weighted by Crippen LogP contribution is 2.36. The van der Waals surface area contributed by atoms with Crippen LogP contribution in [0.25, 0.3) is 0 Å². The van der Waals surface area contributed by atoms with Crippen LogP contribution in [0.1, 0.15) is 24.0 Å². The molecule has 1 amide bonds. The summed E-state index contributed by atoms with van der Waals surface area (Å²) in [6.45, 7) is 1.78. The Hall–Kier alpha value is -3.31. The van der Waals surface area contributed by atoms with Crippen molar-refractivity contribution in [2.45, 2.75) is 37.1 Å². The molecule has 34 heavy (non-hydrogen) atoms. The zero-order valence-corrected chi connectivity index (χ0v) is 19.7. The molecule has 0 spiro atoms. The maximum atomic E-state index is 13.5. The van der Waals surface area contributed by atoms with Gasteiger partial charge in [-0.1, -0.05) is 24.3 Å². The third-order valence-corrected chi connectivity index (χ3v) is 8.53. The fourth-order valence-corrected chi connectivity index (χ4v) is 6.36. The van der Waals surface area contributed by atoms with Gasteiger partial charge in [0, 0.05) is 43.2 Å². The minimum Gasteiger partial charge on any atom is -0.467 e. The van der Waals surface area contributed by atoms with Crippen molar-refractivity contribution in [3.8, 4) is 0 Å². The first-order chi connectivity index (χ1) is 16.1. The monoisotopic (exact) mass is 487 g/mol. The summed E-state index contributed by atoms with van der Waals surface area (Å²) in [7, 11) is -2.68. The Morgan fingerprint density at radius 2 is 1.79 bits per heavy atom. The molecule has 0 N–H and O–H groups in total. The highest BCUT2D eigenvalue weighted by Gasteiger charge is 2.43. The third-order valence-electron chi connectivity index (χ3n) is 6.49. The quantitative estimate of drug-likeness (QED) is 0.360. The van der Waals surface area contributed by atoms with Crippen molar-refractivity contribution in [3.05, 3.63) is 63.7 Å². The highest BCUT2D eigenvalue weighted by molar-refractivity contribution is 7.89. The van der Waals surface area contributed by atoms with Crippen molar-refractivity contribution >= 4 is 33.3 Å². The molecule has 180 valence electrons. The molecule has 2 aromatic rings. The Bertz CT molecular complexity index is 1250. The first-order valence-electron chi connectivity index (χ1n) is 10.9. The summed E-state index contributed by atoms with van der Waals surface area (Å²) < 4.78 is 32.6. The molecule has 10 nitrogen and oxygen atoms in total. The first-order valence-corrected chi connectivity index (χ1v) is 12.3. The zero-order valence-electron chi connectivity index (χ0n) is 18.8. The van der Waals surface area contributed by atoms with Crippen LogP contribution in [-0.2, 0) is 30.8 Å². The van der Waals surface area contributed by atoms with Crippen molar-refractivity contribution in [2.24, 2.45) is 5.92 Å². The van der Waals surface area contributed by atoms with E-state index in [9.17, 15) is 28.1 Å². The number of rotatable bonds is 5. The number of esters is 1. The number of piperidine rings is 1. The van der Waals surface area contributed by atoms with Crippen LogP contribution in [0.4, 0.5) is 11.4 Å². The van der Waals surface area contributed by atoms with Gasteiger partial charge < -0.3 is 4.74 Å². The van der Waals surface area contributed by atoms with Crippen LogP contribution in [-0.4, -0.2) is 55.8 Å². The molecular weight excluding hydrogens is 462 g/mol. The number of methoxy groups -OCH3 is 1. The average molecular weight is 488 g/mol. The number of nitro benzene ring substituents is 1. The first kappa shape index (κ1) is 23.8. The fourth-order valence-electron chi connectivity index (χ4n) is 4.64. The van der Waals surface area contributed by atoms with Gasteiger partial charge in [0.05, 0.1) is 16.9 Å². The Morgan fingerprint density at radius 1 is 1.12 bits per heavy atom. The molecule has 2 aliphatic rings. The van der Waals surface area contributed by atoms with Gasteiger partial charge in [0.2, 0.25) is 15.9 Å². The van der Waals surface area contributed by atoms with E-state index in [0.29, 0.717) is 17.7 Å². The summed E-state index contributed by atoms with van der Waals surface area (Å²) in [5.74, 6) is -1.19. The van der Waals surface area contributed by atoms with Crippen LogP contribution in [0.5, 0.6) is 0 Å². The number of ether oxygens (including phenoxy) is 1. The lowest BCUT2D eigenvalue weighted by atomic mass is 9.96. The fraction of sp³-hybridized carbons (Fsp3) is 0.391. The molecule has 1 atom stereocenters. The van der Waals surface area contributed by atoms with Gasteiger partial charge in [-0.05, 0) is 37.0 Å². The number of fused-ring (bicyclic) bond motifs is 1. The molecule has 0 aromatic heterocycles. The van der Waals surface area contributed by atoms with Gasteiger partial charge in [0.25, 0.3) is 5.69 Å². The van der Waals surface area contributed by atoms with Crippen LogP contribution in [0.2, 0.25) is 0 Å². The third kappa shape index (κ3) is 4.16. The van der Waals surface area contributed by atoms with Crippen molar-refractivity contribution in [3.63, 3.8) is 0 Å². The van der Waals surface area contributed by atoms with Gasteiger partial charge in [0.1, 0.15) is 6.04 Å². The molecule has 2 aromatic carbocycles. The molecular formula is C23H25N3O7S. The maximum absolute atomic E-state index is 13.5. The molecule has 2 heterocycles. The number of nitro groups is 1. The second-order valence-corrected chi connectivity index (χ2v) is 10.4. The summed E-state index contributed by atoms with van der Waals surface area (Å²) in [5, 5.41) is 11.1. The van der Waals surface area contributed by atoms with E-state index < -0.39 is 32.9 Å². The number of para-hydroxylation sites is 1. The molecule has 0 radical (unpaired) electrons. The van der Waals surface area contributed by atoms with E-state index in [1.165, 1.54) is 28.4 Å². The lowest BCUT2D eigenvalue weighted by molar-refractivity contribution is -0.385. The van der Waals surface area contributed by atoms with Gasteiger partial charge in [0.15, 0.2) is 0 Å². The van der Waals surface area contributed by atoms with Crippen LogP contribution in [0.3, 0.4) is 0 Å². The zero-order chi connectivity index (χ0) is 24.6. The van der Waals surface area contributed by atoms with Crippen molar-refractivity contribution in [2.75, 3.05) is 25.1 Å². The lowest BCUT2D eigenvalue weighted by Crippen LogP contribution is -2.49. The summed E-state index contributed by atoms with van der Waals surface area (Å²) in [5.41, 5.74) is 1.67. The van der Waals surface area contributed by atoms with E-state index in [2.05, 4.69) is 0 Å². The van der Waals surface area contributed by atoms with E-state index in [-0.39, 0.29) is 42.4 Å². The topological polar surface area (TPSA) is 127 Å². The molecule has 4 rings (SSSR count). The Balaban J connectivity index is 1.53. The van der Waals surface area contributed by atoms with Crippen molar-refractivity contribution < 1.29 is 27.7 Å². The Morgan fingerprint density at radius 3 is 2.44 bits per heavy atom. The Labute approximate surface area is 197 Å². The van der Waals surface area contributed by atoms with E-state index in [4.69, 9.17) is 4.74 Å². The average Bonchev–Trinajstić information content (AvgIpc) is 3.22. The number of nitrogens with zero attached hydrogens (tertiary/aromatic N) is 3. The van der Waals surface area contributed by atoms with Gasteiger partial charge >= 0.3 is 5.97 Å².